The SMILES string of the molecule is CCCNC1CC(C)CCC1C(C)(C)C. The van der Waals surface area contributed by atoms with Crippen molar-refractivity contribution in [3.63, 3.8) is 0 Å². The first-order valence-electron chi connectivity index (χ1n) is 6.68. The van der Waals surface area contributed by atoms with E-state index < -0.39 is 0 Å². The lowest BCUT2D eigenvalue weighted by Gasteiger charge is -2.43. The molecule has 0 aromatic rings. The van der Waals surface area contributed by atoms with Crippen LogP contribution in [0.5, 0.6) is 0 Å². The number of hydrogen-bond donors (Lipinski definition) is 1. The molecule has 90 valence electrons. The zero-order valence-electron chi connectivity index (χ0n) is 11.3. The molecular weight excluding hydrogens is 182 g/mol. The first-order valence-corrected chi connectivity index (χ1v) is 6.68. The predicted molar refractivity (Wildman–Crippen MR) is 68.0 cm³/mol. The molecule has 1 saturated carbocycles. The zero-order chi connectivity index (χ0) is 11.5. The van der Waals surface area contributed by atoms with Crippen molar-refractivity contribution in [2.45, 2.75) is 66.3 Å². The second-order valence-electron chi connectivity index (χ2n) is 6.45. The minimum Gasteiger partial charge on any atom is -0.314 e. The summed E-state index contributed by atoms with van der Waals surface area (Å²) in [5.74, 6) is 1.78. The number of nitrogens with one attached hydrogen (secondary N) is 1. The molecule has 1 nitrogen and oxygen atoms in total. The summed E-state index contributed by atoms with van der Waals surface area (Å²) in [6, 6.07) is 0.758. The van der Waals surface area contributed by atoms with Crippen molar-refractivity contribution in [1.29, 1.82) is 0 Å². The largest absolute Gasteiger partial charge is 0.314 e. The summed E-state index contributed by atoms with van der Waals surface area (Å²) in [4.78, 5) is 0. The van der Waals surface area contributed by atoms with E-state index >= 15 is 0 Å². The van der Waals surface area contributed by atoms with Gasteiger partial charge in [-0.25, -0.2) is 0 Å². The molecule has 0 aromatic heterocycles. The third-order valence-corrected chi connectivity index (χ3v) is 3.88. The summed E-state index contributed by atoms with van der Waals surface area (Å²) < 4.78 is 0. The number of rotatable bonds is 3. The standard InChI is InChI=1S/C14H29N/c1-6-9-15-13-10-11(2)7-8-12(13)14(3,4)5/h11-13,15H,6-10H2,1-5H3. The van der Waals surface area contributed by atoms with Gasteiger partial charge in [-0.1, -0.05) is 41.0 Å². The van der Waals surface area contributed by atoms with E-state index in [0.29, 0.717) is 5.41 Å². The van der Waals surface area contributed by atoms with Crippen LogP contribution < -0.4 is 5.32 Å². The van der Waals surface area contributed by atoms with Crippen molar-refractivity contribution < 1.29 is 0 Å². The fourth-order valence-corrected chi connectivity index (χ4v) is 2.97. The summed E-state index contributed by atoms with van der Waals surface area (Å²) in [6.45, 7) is 13.0. The van der Waals surface area contributed by atoms with Crippen LogP contribution in [0, 0.1) is 17.3 Å². The van der Waals surface area contributed by atoms with Gasteiger partial charge in [-0.3, -0.25) is 0 Å². The third kappa shape index (κ3) is 3.79. The Morgan fingerprint density at radius 3 is 2.40 bits per heavy atom. The van der Waals surface area contributed by atoms with Gasteiger partial charge in [0.05, 0.1) is 0 Å². The van der Waals surface area contributed by atoms with Crippen molar-refractivity contribution >= 4 is 0 Å². The van der Waals surface area contributed by atoms with Crippen LogP contribution in [0.25, 0.3) is 0 Å². The molecule has 0 saturated heterocycles. The van der Waals surface area contributed by atoms with E-state index in [-0.39, 0.29) is 0 Å². The Labute approximate surface area is 96.0 Å². The molecule has 15 heavy (non-hydrogen) atoms. The molecule has 1 fully saturated rings. The smallest absolute Gasteiger partial charge is 0.0103 e. The van der Waals surface area contributed by atoms with Gasteiger partial charge in [0.1, 0.15) is 0 Å². The van der Waals surface area contributed by atoms with Gasteiger partial charge >= 0.3 is 0 Å². The molecule has 0 amide bonds. The molecule has 1 N–H and O–H groups in total. The van der Waals surface area contributed by atoms with E-state index in [2.05, 4.69) is 39.9 Å². The summed E-state index contributed by atoms with van der Waals surface area (Å²) >= 11 is 0. The molecule has 0 aromatic carbocycles. The summed E-state index contributed by atoms with van der Waals surface area (Å²) in [5.41, 5.74) is 0.464. The first-order chi connectivity index (χ1) is 6.95. The van der Waals surface area contributed by atoms with Crippen LogP contribution in [0.15, 0.2) is 0 Å². The van der Waals surface area contributed by atoms with Crippen LogP contribution in [-0.4, -0.2) is 12.6 Å². The van der Waals surface area contributed by atoms with Crippen LogP contribution in [0.1, 0.15) is 60.3 Å². The van der Waals surface area contributed by atoms with Crippen LogP contribution >= 0.6 is 0 Å². The first kappa shape index (κ1) is 13.0. The molecule has 0 bridgehead atoms. The quantitative estimate of drug-likeness (QED) is 0.748. The monoisotopic (exact) mass is 211 g/mol. The Morgan fingerprint density at radius 1 is 1.20 bits per heavy atom. The summed E-state index contributed by atoms with van der Waals surface area (Å²) in [5, 5.41) is 3.76. The molecule has 1 aliphatic carbocycles. The topological polar surface area (TPSA) is 12.0 Å². The van der Waals surface area contributed by atoms with Crippen molar-refractivity contribution in [3.8, 4) is 0 Å². The fraction of sp³-hybridized carbons (Fsp3) is 1.00. The Kier molecular flexibility index (Phi) is 4.64. The van der Waals surface area contributed by atoms with Gasteiger partial charge in [-0.05, 0) is 43.1 Å². The highest BCUT2D eigenvalue weighted by Gasteiger charge is 2.35. The van der Waals surface area contributed by atoms with Crippen molar-refractivity contribution in [2.24, 2.45) is 17.3 Å². The maximum absolute atomic E-state index is 3.76. The average molecular weight is 211 g/mol. The molecule has 1 aliphatic rings. The van der Waals surface area contributed by atoms with Crippen LogP contribution in [0.3, 0.4) is 0 Å². The molecule has 0 aliphatic heterocycles. The van der Waals surface area contributed by atoms with Gasteiger partial charge in [0.25, 0.3) is 0 Å². The molecule has 1 rings (SSSR count). The van der Waals surface area contributed by atoms with E-state index in [1.54, 1.807) is 0 Å². The summed E-state index contributed by atoms with van der Waals surface area (Å²) in [7, 11) is 0. The van der Waals surface area contributed by atoms with E-state index in [9.17, 15) is 0 Å². The highest BCUT2D eigenvalue weighted by molar-refractivity contribution is 4.89. The van der Waals surface area contributed by atoms with Crippen molar-refractivity contribution in [2.75, 3.05) is 6.54 Å². The second-order valence-corrected chi connectivity index (χ2v) is 6.45. The molecular formula is C14H29N. The lowest BCUT2D eigenvalue weighted by Crippen LogP contribution is -2.46. The Bertz CT molecular complexity index is 180. The van der Waals surface area contributed by atoms with Gasteiger partial charge in [-0.15, -0.1) is 0 Å². The van der Waals surface area contributed by atoms with Gasteiger partial charge in [-0.2, -0.15) is 0 Å². The zero-order valence-corrected chi connectivity index (χ0v) is 11.3. The van der Waals surface area contributed by atoms with Crippen LogP contribution in [0.2, 0.25) is 0 Å². The second kappa shape index (κ2) is 5.34. The van der Waals surface area contributed by atoms with E-state index in [1.165, 1.54) is 32.2 Å². The molecule has 0 radical (unpaired) electrons. The molecule has 3 unspecified atom stereocenters. The van der Waals surface area contributed by atoms with Crippen molar-refractivity contribution in [1.82, 2.24) is 5.32 Å². The lowest BCUT2D eigenvalue weighted by molar-refractivity contribution is 0.108. The average Bonchev–Trinajstić information content (AvgIpc) is 2.12. The van der Waals surface area contributed by atoms with E-state index in [0.717, 1.165) is 17.9 Å². The third-order valence-electron chi connectivity index (χ3n) is 3.88. The molecule has 0 heterocycles. The fourth-order valence-electron chi connectivity index (χ4n) is 2.97. The van der Waals surface area contributed by atoms with Gasteiger partial charge in [0.2, 0.25) is 0 Å². The lowest BCUT2D eigenvalue weighted by atomic mass is 9.67. The Hall–Kier alpha value is -0.0400. The van der Waals surface area contributed by atoms with Crippen molar-refractivity contribution in [3.05, 3.63) is 0 Å². The van der Waals surface area contributed by atoms with Gasteiger partial charge < -0.3 is 5.32 Å². The normalized spacial score (nSPS) is 33.0. The minimum absolute atomic E-state index is 0.464. The molecule has 1 heteroatoms. The highest BCUT2D eigenvalue weighted by Crippen LogP contribution is 2.39. The van der Waals surface area contributed by atoms with Gasteiger partial charge in [0, 0.05) is 6.04 Å². The van der Waals surface area contributed by atoms with E-state index in [1.807, 2.05) is 0 Å². The maximum atomic E-state index is 3.76. The van der Waals surface area contributed by atoms with Gasteiger partial charge in [0.15, 0.2) is 0 Å². The molecule has 3 atom stereocenters. The van der Waals surface area contributed by atoms with Crippen LogP contribution in [-0.2, 0) is 0 Å². The minimum atomic E-state index is 0.464. The van der Waals surface area contributed by atoms with E-state index in [4.69, 9.17) is 0 Å². The molecule has 0 spiro atoms. The number of hydrogen-bond acceptors (Lipinski definition) is 1. The Balaban J connectivity index is 2.58. The highest BCUT2D eigenvalue weighted by atomic mass is 14.9. The summed E-state index contributed by atoms with van der Waals surface area (Å²) in [6.07, 6.45) is 5.46. The predicted octanol–water partition coefficient (Wildman–Crippen LogP) is 3.84. The Morgan fingerprint density at radius 2 is 1.87 bits per heavy atom. The maximum Gasteiger partial charge on any atom is 0.0103 e. The van der Waals surface area contributed by atoms with Crippen LogP contribution in [0.4, 0.5) is 0 Å².